The summed E-state index contributed by atoms with van der Waals surface area (Å²) in [6.45, 7) is 35.2. The van der Waals surface area contributed by atoms with Gasteiger partial charge in [0, 0.05) is 64.8 Å². The van der Waals surface area contributed by atoms with Gasteiger partial charge in [-0.3, -0.25) is 14.4 Å². The number of methoxy groups -OCH3 is 2. The first-order chi connectivity index (χ1) is 37.3. The lowest BCUT2D eigenvalue weighted by Crippen LogP contribution is -2.74. The first-order valence-electron chi connectivity index (χ1n) is 29.6. The number of amides is 2. The molecular weight excluding hydrogens is 1060 g/mol. The van der Waals surface area contributed by atoms with E-state index in [2.05, 4.69) is 111 Å². The Morgan fingerprint density at radius 2 is 1.60 bits per heavy atom. The third-order valence-electron chi connectivity index (χ3n) is 18.5. The summed E-state index contributed by atoms with van der Waals surface area (Å²) < 4.78 is 73.5. The molecular formula is C61H100N2O15Si2. The molecule has 7 rings (SSSR count). The van der Waals surface area contributed by atoms with Crippen molar-refractivity contribution in [3.05, 3.63) is 59.3 Å². The van der Waals surface area contributed by atoms with Gasteiger partial charge in [0.2, 0.25) is 5.91 Å². The highest BCUT2D eigenvalue weighted by molar-refractivity contribution is 6.76. The molecule has 0 aromatic heterocycles. The molecule has 17 nitrogen and oxygen atoms in total. The summed E-state index contributed by atoms with van der Waals surface area (Å²) >= 11 is 0. The van der Waals surface area contributed by atoms with E-state index >= 15 is 0 Å². The average Bonchev–Trinajstić information content (AvgIpc) is 3.73. The van der Waals surface area contributed by atoms with Crippen LogP contribution >= 0.6 is 0 Å². The van der Waals surface area contributed by atoms with Crippen LogP contribution in [0.15, 0.2) is 59.3 Å². The summed E-state index contributed by atoms with van der Waals surface area (Å²) in [5.74, 6) is -3.31. The smallest absolute Gasteiger partial charge is 0.316 e. The van der Waals surface area contributed by atoms with Gasteiger partial charge in [0.1, 0.15) is 29.8 Å². The zero-order chi connectivity index (χ0) is 59.1. The van der Waals surface area contributed by atoms with Crippen molar-refractivity contribution in [1.82, 2.24) is 10.6 Å². The van der Waals surface area contributed by atoms with E-state index in [1.165, 1.54) is 14.0 Å². The Kier molecular flexibility index (Phi) is 20.5. The van der Waals surface area contributed by atoms with E-state index < -0.39 is 119 Å². The van der Waals surface area contributed by atoms with Crippen LogP contribution in [-0.4, -0.2) is 163 Å². The molecule has 20 atom stereocenters. The molecule has 0 radical (unpaired) electrons. The molecule has 0 aromatic rings. The topological polar surface area (TPSA) is 197 Å². The largest absolute Gasteiger partial charge is 0.462 e. The van der Waals surface area contributed by atoms with Crippen molar-refractivity contribution in [2.45, 2.75) is 256 Å². The van der Waals surface area contributed by atoms with Crippen LogP contribution in [0.25, 0.3) is 0 Å². The maximum Gasteiger partial charge on any atom is 0.316 e. The van der Waals surface area contributed by atoms with E-state index in [1.807, 2.05) is 44.2 Å². The second kappa shape index (κ2) is 25.4. The first-order valence-corrected chi connectivity index (χ1v) is 36.2. The van der Waals surface area contributed by atoms with Crippen molar-refractivity contribution in [2.75, 3.05) is 27.0 Å². The normalized spacial score (nSPS) is 42.2. The minimum Gasteiger partial charge on any atom is -0.462 e. The van der Waals surface area contributed by atoms with Gasteiger partial charge in [0.05, 0.1) is 63.5 Å². The van der Waals surface area contributed by atoms with E-state index in [0.29, 0.717) is 37.4 Å². The number of aliphatic hydroxyl groups is 1. The molecule has 7 aliphatic rings. The van der Waals surface area contributed by atoms with Gasteiger partial charge in [0.25, 0.3) is 5.91 Å². The molecule has 1 spiro atoms. The van der Waals surface area contributed by atoms with Crippen molar-refractivity contribution in [1.29, 1.82) is 0 Å². The molecule has 80 heavy (non-hydrogen) atoms. The fraction of sp³-hybridized carbons (Fsp3) is 0.787. The highest BCUT2D eigenvalue weighted by atomic mass is 28.4. The van der Waals surface area contributed by atoms with E-state index in [4.69, 9.17) is 51.8 Å². The van der Waals surface area contributed by atoms with Crippen molar-refractivity contribution in [2.24, 2.45) is 23.7 Å². The molecule has 452 valence electrons. The molecule has 3 N–H and O–H groups in total. The molecule has 0 saturated carbocycles. The van der Waals surface area contributed by atoms with Crippen LogP contribution in [0.5, 0.6) is 0 Å². The molecule has 0 aromatic carbocycles. The summed E-state index contributed by atoms with van der Waals surface area (Å²) in [5.41, 5.74) is -0.945. The third kappa shape index (κ3) is 13.8. The predicted octanol–water partition coefficient (Wildman–Crippen LogP) is 8.91. The van der Waals surface area contributed by atoms with Gasteiger partial charge in [-0.15, -0.1) is 0 Å². The molecule has 2 amide bonds. The number of rotatable bonds is 14. The minimum absolute atomic E-state index is 0.0912. The average molecular weight is 1160 g/mol. The molecule has 0 unspecified atom stereocenters. The number of ether oxygens (including phenoxy) is 10. The number of carbonyl (C=O) groups excluding carboxylic acids is 3. The highest BCUT2D eigenvalue weighted by Crippen LogP contribution is 2.50. The number of fused-ring (bicyclic) bond motifs is 2. The Bertz CT molecular complexity index is 2360. The zero-order valence-electron chi connectivity index (χ0n) is 51.7. The van der Waals surface area contributed by atoms with Gasteiger partial charge in [0.15, 0.2) is 32.2 Å². The SMILES string of the molecule is CC[C@H](C)[C@H]1O[C@]2(C=C[C@@H]1C)C[C@@H]1C[C@@H](C/C=C(\C)[C@@H](O[C@H]3C[C@H](OC)[C@@H](O[C@H]4C[C@H](OC)[C@](NC(C)=O)(C(=O)NC[Si](C)(C)C)[C@H](C)O4)[C@H](C)O3)[C@@H](C)/C=C/C=C3\CO[C@@H]4[C@H](O[Si](C)(C)C(C)(C)C)C(C)=C[C@@H](C(=O)O1)[C@]34O)O2. The molecule has 19 heteroatoms. The fourth-order valence-electron chi connectivity index (χ4n) is 12.6. The number of esters is 1. The highest BCUT2D eigenvalue weighted by Gasteiger charge is 2.62. The quantitative estimate of drug-likeness (QED) is 0.0846. The standard InChI is InChI=1S/C61H100N2O15Si2/c1-20-35(2)52-38(5)26-27-59(77-52)32-45-29-44(76-59)25-24-37(4)51(36(3)22-21-23-43-33-70-55-53(78-80(18,19)58(10,11)12)39(6)28-46(56(65)73-45)61(43,55)67)74-49-30-47(68-13)54(40(7)71-49)75-50-31-48(69-14)60(41(8)72-50,63-42(9)64)57(66)62-34-79(15,16)17/h21-24,26-28,35-36,38,40-41,44-55,67H,20,25,29-34H2,1-19H3,(H,62,66)(H,63,64)/b22-21+,37-24+,43-23+/t35-,36-,38-,40-,41-,44+,45-,46-,47-,48-,49-,50-,51-,52+,53+,54-,55+,59+,60-,61+/m0/s1. The zero-order valence-corrected chi connectivity index (χ0v) is 53.7. The molecule has 4 saturated heterocycles. The monoisotopic (exact) mass is 1160 g/mol. The van der Waals surface area contributed by atoms with E-state index in [0.717, 1.165) is 17.6 Å². The third-order valence-corrected chi connectivity index (χ3v) is 24.2. The number of carbonyl (C=O) groups is 3. The summed E-state index contributed by atoms with van der Waals surface area (Å²) in [6.07, 6.45) is 9.24. The number of hydrogen-bond donors (Lipinski definition) is 3. The van der Waals surface area contributed by atoms with Gasteiger partial charge < -0.3 is 67.5 Å². The Hall–Kier alpha value is -2.90. The second-order valence-corrected chi connectivity index (χ2v) is 37.2. The van der Waals surface area contributed by atoms with Crippen LogP contribution in [-0.2, 0) is 66.2 Å². The Morgan fingerprint density at radius 1 is 0.900 bits per heavy atom. The molecule has 1 aliphatic carbocycles. The Balaban J connectivity index is 1.18. The molecule has 4 fully saturated rings. The van der Waals surface area contributed by atoms with Gasteiger partial charge in [-0.2, -0.15) is 0 Å². The van der Waals surface area contributed by atoms with Crippen LogP contribution in [0.4, 0.5) is 0 Å². The molecule has 2 bridgehead atoms. The summed E-state index contributed by atoms with van der Waals surface area (Å²) in [5, 5.41) is 19.2. The van der Waals surface area contributed by atoms with Crippen LogP contribution < -0.4 is 10.6 Å². The van der Waals surface area contributed by atoms with Crippen LogP contribution in [0.3, 0.4) is 0 Å². The predicted molar refractivity (Wildman–Crippen MR) is 310 cm³/mol. The number of nitrogens with one attached hydrogen (secondary N) is 2. The minimum atomic E-state index is -2.41. The van der Waals surface area contributed by atoms with Crippen LogP contribution in [0.1, 0.15) is 122 Å². The summed E-state index contributed by atoms with van der Waals surface area (Å²) in [7, 11) is -0.950. The maximum absolute atomic E-state index is 14.9. The maximum atomic E-state index is 14.9. The second-order valence-electron chi connectivity index (χ2n) is 27.0. The van der Waals surface area contributed by atoms with Gasteiger partial charge in [-0.05, 0) is 81.0 Å². The number of allylic oxidation sites excluding steroid dienone is 2. The first kappa shape index (κ1) is 64.7. The van der Waals surface area contributed by atoms with Crippen LogP contribution in [0.2, 0.25) is 37.8 Å². The van der Waals surface area contributed by atoms with Crippen molar-refractivity contribution in [3.8, 4) is 0 Å². The summed E-state index contributed by atoms with van der Waals surface area (Å²) in [4.78, 5) is 41.7. The Morgan fingerprint density at radius 3 is 2.24 bits per heavy atom. The fourth-order valence-corrected chi connectivity index (χ4v) is 14.6. The molecule has 6 heterocycles. The van der Waals surface area contributed by atoms with Crippen molar-refractivity contribution in [3.63, 3.8) is 0 Å². The Labute approximate surface area is 480 Å². The van der Waals surface area contributed by atoms with E-state index in [-0.39, 0.29) is 53.7 Å². The lowest BCUT2D eigenvalue weighted by atomic mass is 9.71. The van der Waals surface area contributed by atoms with Gasteiger partial charge in [-0.25, -0.2) is 0 Å². The summed E-state index contributed by atoms with van der Waals surface area (Å²) in [6, 6.07) is 0. The van der Waals surface area contributed by atoms with Crippen molar-refractivity contribution >= 4 is 34.2 Å². The van der Waals surface area contributed by atoms with E-state index in [9.17, 15) is 19.5 Å². The molecule has 6 aliphatic heterocycles. The van der Waals surface area contributed by atoms with Gasteiger partial charge >= 0.3 is 5.97 Å². The lowest BCUT2D eigenvalue weighted by Gasteiger charge is -2.50. The lowest BCUT2D eigenvalue weighted by molar-refractivity contribution is -0.316. The van der Waals surface area contributed by atoms with Crippen LogP contribution in [0, 0.1) is 23.7 Å². The number of hydrogen-bond acceptors (Lipinski definition) is 15. The van der Waals surface area contributed by atoms with Gasteiger partial charge in [-0.1, -0.05) is 111 Å². The van der Waals surface area contributed by atoms with E-state index in [1.54, 1.807) is 14.0 Å². The van der Waals surface area contributed by atoms with Crippen molar-refractivity contribution < 1.29 is 71.3 Å².